The number of hydroxylamine groups is 1. The number of hydrogen-bond donors (Lipinski definition) is 2. The van der Waals surface area contributed by atoms with Crippen molar-refractivity contribution in [2.45, 2.75) is 55.7 Å². The third kappa shape index (κ3) is 6.25. The summed E-state index contributed by atoms with van der Waals surface area (Å²) in [4.78, 5) is 16.9. The number of nitrogens with one attached hydrogen (secondary N) is 1. The van der Waals surface area contributed by atoms with E-state index < -0.39 is 22.0 Å². The second-order valence-electron chi connectivity index (χ2n) is 8.49. The van der Waals surface area contributed by atoms with Crippen LogP contribution < -0.4 is 10.2 Å². The van der Waals surface area contributed by atoms with E-state index in [4.69, 9.17) is 9.47 Å². The maximum absolute atomic E-state index is 13.8. The van der Waals surface area contributed by atoms with Crippen molar-refractivity contribution in [3.63, 3.8) is 0 Å². The van der Waals surface area contributed by atoms with E-state index in [0.29, 0.717) is 37.0 Å². The molecule has 0 radical (unpaired) electrons. The summed E-state index contributed by atoms with van der Waals surface area (Å²) < 4.78 is 39.5. The molecular weight excluding hydrogens is 482 g/mol. The van der Waals surface area contributed by atoms with Gasteiger partial charge in [-0.15, -0.1) is 12.4 Å². The van der Waals surface area contributed by atoms with Gasteiger partial charge in [-0.25, -0.2) is 13.9 Å². The van der Waals surface area contributed by atoms with Gasteiger partial charge in [0.15, 0.2) is 0 Å². The summed E-state index contributed by atoms with van der Waals surface area (Å²) in [6.45, 7) is 1.96. The lowest BCUT2D eigenvalue weighted by atomic mass is 9.76. The number of sulfonamides is 1. The van der Waals surface area contributed by atoms with Gasteiger partial charge in [-0.3, -0.25) is 15.0 Å². The summed E-state index contributed by atoms with van der Waals surface area (Å²) in [6.07, 6.45) is 5.64. The van der Waals surface area contributed by atoms with E-state index in [1.54, 1.807) is 49.2 Å². The molecule has 0 aliphatic heterocycles. The topological polar surface area (TPSA) is 118 Å². The van der Waals surface area contributed by atoms with Crippen molar-refractivity contribution in [2.75, 3.05) is 14.2 Å². The lowest BCUT2D eigenvalue weighted by Gasteiger charge is -2.41. The monoisotopic (exact) mass is 513 g/mol. The zero-order valence-corrected chi connectivity index (χ0v) is 21.1. The molecule has 1 aliphatic carbocycles. The average molecular weight is 514 g/mol. The zero-order valence-electron chi connectivity index (χ0n) is 19.5. The van der Waals surface area contributed by atoms with Gasteiger partial charge in [0, 0.05) is 26.0 Å². The van der Waals surface area contributed by atoms with Crippen molar-refractivity contribution < 1.29 is 27.9 Å². The second kappa shape index (κ2) is 11.9. The Hall–Kier alpha value is -2.24. The van der Waals surface area contributed by atoms with Crippen molar-refractivity contribution in [3.05, 3.63) is 54.4 Å². The summed E-state index contributed by atoms with van der Waals surface area (Å²) >= 11 is 0. The molecule has 2 N–H and O–H groups in total. The Balaban J connectivity index is 0.00000408. The largest absolute Gasteiger partial charge is 0.497 e. The van der Waals surface area contributed by atoms with E-state index >= 15 is 0 Å². The highest BCUT2D eigenvalue weighted by Crippen LogP contribution is 2.38. The number of pyridine rings is 1. The SMILES string of the molecule is COc1ccc(S(=O)(=O)N(Cc2ccncc2)C(C(=O)NO)C2CCC(C)(OC)CC2)cc1.Cl. The molecule has 1 aromatic carbocycles. The van der Waals surface area contributed by atoms with Gasteiger partial charge < -0.3 is 9.47 Å². The molecule has 188 valence electrons. The molecule has 1 amide bonds. The van der Waals surface area contributed by atoms with Crippen molar-refractivity contribution in [1.29, 1.82) is 0 Å². The van der Waals surface area contributed by atoms with Crippen molar-refractivity contribution in [1.82, 2.24) is 14.8 Å². The number of rotatable bonds is 9. The maximum Gasteiger partial charge on any atom is 0.262 e. The number of carbonyl (C=O) groups is 1. The van der Waals surface area contributed by atoms with Crippen LogP contribution in [0.25, 0.3) is 0 Å². The van der Waals surface area contributed by atoms with Crippen LogP contribution in [-0.2, 0) is 26.1 Å². The first kappa shape index (κ1) is 28.0. The summed E-state index contributed by atoms with van der Waals surface area (Å²) in [5, 5.41) is 9.53. The van der Waals surface area contributed by atoms with Gasteiger partial charge in [-0.2, -0.15) is 4.31 Å². The average Bonchev–Trinajstić information content (AvgIpc) is 2.85. The number of halogens is 1. The van der Waals surface area contributed by atoms with Gasteiger partial charge in [0.1, 0.15) is 11.8 Å². The minimum atomic E-state index is -4.11. The Morgan fingerprint density at radius 1 is 1.18 bits per heavy atom. The van der Waals surface area contributed by atoms with Crippen LogP contribution >= 0.6 is 12.4 Å². The smallest absolute Gasteiger partial charge is 0.262 e. The fourth-order valence-corrected chi connectivity index (χ4v) is 5.94. The summed E-state index contributed by atoms with van der Waals surface area (Å²) in [7, 11) is -0.955. The Bertz CT molecular complexity index is 1030. The van der Waals surface area contributed by atoms with E-state index in [1.807, 2.05) is 6.92 Å². The molecule has 2 aromatic rings. The minimum Gasteiger partial charge on any atom is -0.497 e. The molecule has 1 aliphatic rings. The molecule has 1 aromatic heterocycles. The van der Waals surface area contributed by atoms with Crippen molar-refractivity contribution in [2.24, 2.45) is 5.92 Å². The van der Waals surface area contributed by atoms with E-state index in [0.717, 1.165) is 0 Å². The number of benzene rings is 1. The fourth-order valence-electron chi connectivity index (χ4n) is 4.30. The Labute approximate surface area is 206 Å². The van der Waals surface area contributed by atoms with Gasteiger partial charge in [-0.05, 0) is 80.5 Å². The van der Waals surface area contributed by atoms with Crippen LogP contribution in [0.3, 0.4) is 0 Å². The molecule has 1 heterocycles. The second-order valence-corrected chi connectivity index (χ2v) is 10.4. The zero-order chi connectivity index (χ0) is 24.1. The lowest BCUT2D eigenvalue weighted by molar-refractivity contribution is -0.136. The summed E-state index contributed by atoms with van der Waals surface area (Å²) in [5.74, 6) is -0.534. The van der Waals surface area contributed by atoms with Crippen LogP contribution in [0.1, 0.15) is 38.2 Å². The third-order valence-corrected chi connectivity index (χ3v) is 8.31. The molecule has 1 unspecified atom stereocenters. The number of hydrogen-bond acceptors (Lipinski definition) is 7. The molecule has 0 spiro atoms. The van der Waals surface area contributed by atoms with Gasteiger partial charge in [0.2, 0.25) is 10.0 Å². The summed E-state index contributed by atoms with van der Waals surface area (Å²) in [5.41, 5.74) is 2.05. The van der Waals surface area contributed by atoms with Crippen LogP contribution in [0.2, 0.25) is 0 Å². The number of ether oxygens (including phenoxy) is 2. The van der Waals surface area contributed by atoms with Gasteiger partial charge in [-0.1, -0.05) is 0 Å². The van der Waals surface area contributed by atoms with Crippen LogP contribution in [0.4, 0.5) is 0 Å². The first-order valence-corrected chi connectivity index (χ1v) is 12.2. The summed E-state index contributed by atoms with van der Waals surface area (Å²) in [6, 6.07) is 8.32. The molecule has 0 saturated heterocycles. The Morgan fingerprint density at radius 2 is 1.76 bits per heavy atom. The number of amides is 1. The Kier molecular flexibility index (Phi) is 9.84. The third-order valence-electron chi connectivity index (χ3n) is 6.47. The predicted molar refractivity (Wildman–Crippen MR) is 128 cm³/mol. The highest BCUT2D eigenvalue weighted by atomic mass is 35.5. The van der Waals surface area contributed by atoms with E-state index in [1.165, 1.54) is 23.5 Å². The Morgan fingerprint density at radius 3 is 2.26 bits per heavy atom. The predicted octanol–water partition coefficient (Wildman–Crippen LogP) is 3.17. The van der Waals surface area contributed by atoms with Crippen LogP contribution in [0, 0.1) is 5.92 Å². The van der Waals surface area contributed by atoms with Crippen LogP contribution in [-0.4, -0.2) is 54.7 Å². The van der Waals surface area contributed by atoms with Gasteiger partial charge in [0.05, 0.1) is 17.6 Å². The van der Waals surface area contributed by atoms with Crippen LogP contribution in [0.5, 0.6) is 5.75 Å². The first-order chi connectivity index (χ1) is 15.7. The minimum absolute atomic E-state index is 0. The van der Waals surface area contributed by atoms with Crippen LogP contribution in [0.15, 0.2) is 53.7 Å². The van der Waals surface area contributed by atoms with E-state index in [9.17, 15) is 18.4 Å². The quantitative estimate of drug-likeness (QED) is 0.390. The first-order valence-electron chi connectivity index (χ1n) is 10.8. The molecule has 9 nitrogen and oxygen atoms in total. The van der Waals surface area contributed by atoms with Gasteiger partial charge >= 0.3 is 0 Å². The molecule has 1 fully saturated rings. The molecule has 1 atom stereocenters. The molecule has 34 heavy (non-hydrogen) atoms. The molecule has 3 rings (SSSR count). The fraction of sp³-hybridized carbons (Fsp3) is 0.478. The number of carbonyl (C=O) groups excluding carboxylic acids is 1. The van der Waals surface area contributed by atoms with E-state index in [2.05, 4.69) is 4.98 Å². The van der Waals surface area contributed by atoms with Gasteiger partial charge in [0.25, 0.3) is 5.91 Å². The maximum atomic E-state index is 13.8. The molecule has 1 saturated carbocycles. The number of nitrogens with zero attached hydrogens (tertiary/aromatic N) is 2. The lowest BCUT2D eigenvalue weighted by Crippen LogP contribution is -2.53. The number of methoxy groups -OCH3 is 2. The van der Waals surface area contributed by atoms with E-state index in [-0.39, 0.29) is 35.4 Å². The molecule has 11 heteroatoms. The highest BCUT2D eigenvalue weighted by Gasteiger charge is 2.44. The molecular formula is C23H32ClN3O6S. The standard InChI is InChI=1S/C23H31N3O6S.ClH/c1-23(32-3)12-8-18(9-13-23)21(22(27)25-28)26(16-17-10-14-24-15-11-17)33(29,30)20-6-4-19(31-2)5-7-20;/h4-7,10-11,14-15,18,21,28H,8-9,12-13,16H2,1-3H3,(H,25,27);1H. The normalized spacial score (nSPS) is 21.4. The number of aromatic nitrogens is 1. The molecule has 0 bridgehead atoms. The van der Waals surface area contributed by atoms with Crippen molar-refractivity contribution >= 4 is 28.3 Å². The highest BCUT2D eigenvalue weighted by molar-refractivity contribution is 7.89. The van der Waals surface area contributed by atoms with Crippen molar-refractivity contribution in [3.8, 4) is 5.75 Å².